The van der Waals surface area contributed by atoms with Gasteiger partial charge < -0.3 is 10.3 Å². The maximum Gasteiger partial charge on any atom is 0.135 e. The third-order valence-corrected chi connectivity index (χ3v) is 7.15. The number of aryl methyl sites for hydroxylation is 1. The minimum Gasteiger partial charge on any atom is -0.352 e. The van der Waals surface area contributed by atoms with Gasteiger partial charge in [0.25, 0.3) is 0 Å². The van der Waals surface area contributed by atoms with Crippen LogP contribution in [0.25, 0.3) is 55.7 Å². The summed E-state index contributed by atoms with van der Waals surface area (Å²) < 4.78 is 14.2. The van der Waals surface area contributed by atoms with Gasteiger partial charge in [0, 0.05) is 48.2 Å². The zero-order chi connectivity index (χ0) is 27.8. The molecule has 0 unspecified atom stereocenters. The molecule has 0 atom stereocenters. The fourth-order valence-electron chi connectivity index (χ4n) is 5.22. The highest BCUT2D eigenvalue weighted by Gasteiger charge is 2.16. The molecule has 7 nitrogen and oxygen atoms in total. The van der Waals surface area contributed by atoms with Crippen LogP contribution in [-0.2, 0) is 13.1 Å². The van der Waals surface area contributed by atoms with Crippen LogP contribution in [0.1, 0.15) is 16.7 Å². The summed E-state index contributed by atoms with van der Waals surface area (Å²) in [5.41, 5.74) is 10.5. The fourth-order valence-corrected chi connectivity index (χ4v) is 5.22. The van der Waals surface area contributed by atoms with Gasteiger partial charge in [-0.3, -0.25) is 15.1 Å². The van der Waals surface area contributed by atoms with Crippen molar-refractivity contribution in [3.05, 3.63) is 120 Å². The predicted molar refractivity (Wildman–Crippen MR) is 159 cm³/mol. The van der Waals surface area contributed by atoms with Crippen LogP contribution in [0, 0.1) is 12.7 Å². The number of hydrogen-bond acceptors (Lipinski definition) is 5. The molecule has 0 aliphatic heterocycles. The number of benzene rings is 2. The highest BCUT2D eigenvalue weighted by atomic mass is 19.1. The summed E-state index contributed by atoms with van der Waals surface area (Å²) in [5, 5.41) is 12.1. The van der Waals surface area contributed by atoms with Crippen LogP contribution in [0.2, 0.25) is 0 Å². The van der Waals surface area contributed by atoms with E-state index in [1.807, 2.05) is 61.8 Å². The lowest BCUT2D eigenvalue weighted by molar-refractivity contribution is 0.627. The molecule has 0 saturated carbocycles. The lowest BCUT2D eigenvalue weighted by atomic mass is 10.0. The number of hydrogen-bond donors (Lipinski definition) is 3. The molecule has 2 aromatic carbocycles. The SMILES string of the molecule is Cc1cc(F)cc(-c2cncc3[nH]c(-c4n[nH]c5ccc(-c6cncc(CNCc7ccccc7)c6)nc45)cc23)c1. The van der Waals surface area contributed by atoms with E-state index >= 15 is 0 Å². The van der Waals surface area contributed by atoms with E-state index in [0.29, 0.717) is 12.2 Å². The Morgan fingerprint density at radius 3 is 2.51 bits per heavy atom. The first-order valence-corrected chi connectivity index (χ1v) is 13.4. The number of nitrogens with one attached hydrogen (secondary N) is 3. The Bertz CT molecular complexity index is 1990. The predicted octanol–water partition coefficient (Wildman–Crippen LogP) is 6.97. The van der Waals surface area contributed by atoms with Crippen LogP contribution in [0.5, 0.6) is 0 Å². The quantitative estimate of drug-likeness (QED) is 0.203. The zero-order valence-electron chi connectivity index (χ0n) is 22.3. The van der Waals surface area contributed by atoms with E-state index in [1.54, 1.807) is 12.4 Å². The average Bonchev–Trinajstić information content (AvgIpc) is 3.61. The number of rotatable bonds is 7. The number of aromatic nitrogens is 6. The largest absolute Gasteiger partial charge is 0.352 e. The Balaban J connectivity index is 1.21. The van der Waals surface area contributed by atoms with E-state index in [9.17, 15) is 4.39 Å². The van der Waals surface area contributed by atoms with E-state index in [0.717, 1.165) is 67.7 Å². The van der Waals surface area contributed by atoms with Gasteiger partial charge in [0.2, 0.25) is 0 Å². The maximum absolute atomic E-state index is 14.2. The Kier molecular flexibility index (Phi) is 6.29. The van der Waals surface area contributed by atoms with E-state index < -0.39 is 0 Å². The highest BCUT2D eigenvalue weighted by Crippen LogP contribution is 2.34. The molecule has 7 rings (SSSR count). The van der Waals surface area contributed by atoms with Crippen LogP contribution in [0.15, 0.2) is 97.6 Å². The molecule has 3 N–H and O–H groups in total. The molecule has 0 fully saturated rings. The Morgan fingerprint density at radius 1 is 0.780 bits per heavy atom. The molecule has 0 spiro atoms. The lowest BCUT2D eigenvalue weighted by Crippen LogP contribution is -2.12. The van der Waals surface area contributed by atoms with Gasteiger partial charge in [0.05, 0.1) is 28.6 Å². The van der Waals surface area contributed by atoms with Crippen LogP contribution < -0.4 is 5.32 Å². The van der Waals surface area contributed by atoms with Crippen LogP contribution in [0.4, 0.5) is 4.39 Å². The monoisotopic (exact) mass is 539 g/mol. The minimum absolute atomic E-state index is 0.270. The van der Waals surface area contributed by atoms with Crippen molar-refractivity contribution < 1.29 is 4.39 Å². The summed E-state index contributed by atoms with van der Waals surface area (Å²) >= 11 is 0. The molecule has 0 saturated heterocycles. The van der Waals surface area contributed by atoms with E-state index in [1.165, 1.54) is 17.7 Å². The van der Waals surface area contributed by atoms with Crippen molar-refractivity contribution in [1.82, 2.24) is 35.5 Å². The van der Waals surface area contributed by atoms with Crippen LogP contribution in [-0.4, -0.2) is 30.1 Å². The Morgan fingerprint density at radius 2 is 1.63 bits per heavy atom. The van der Waals surface area contributed by atoms with E-state index in [4.69, 9.17) is 4.98 Å². The second-order valence-electron chi connectivity index (χ2n) is 10.2. The summed E-state index contributed by atoms with van der Waals surface area (Å²) in [5.74, 6) is -0.270. The highest BCUT2D eigenvalue weighted by molar-refractivity contribution is 6.00. The molecule has 0 radical (unpaired) electrons. The van der Waals surface area contributed by atoms with E-state index in [2.05, 4.69) is 48.7 Å². The van der Waals surface area contributed by atoms with Gasteiger partial charge in [-0.15, -0.1) is 0 Å². The first-order chi connectivity index (χ1) is 20.1. The van der Waals surface area contributed by atoms with Gasteiger partial charge in [-0.05, 0) is 65.6 Å². The first-order valence-electron chi connectivity index (χ1n) is 13.4. The second kappa shape index (κ2) is 10.4. The molecular weight excluding hydrogens is 513 g/mol. The Labute approximate surface area is 235 Å². The van der Waals surface area contributed by atoms with Crippen LogP contribution >= 0.6 is 0 Å². The maximum atomic E-state index is 14.2. The molecule has 5 aromatic heterocycles. The summed E-state index contributed by atoms with van der Waals surface area (Å²) in [6.45, 7) is 3.37. The standard InChI is InChI=1S/C33H26FN7/c1-20-9-23(12-25(34)10-20)27-18-37-19-31-26(27)13-30(38-31)33-32-29(40-41-33)8-7-28(39-32)24-11-22(16-36-17-24)15-35-14-21-5-3-2-4-6-21/h2-13,16-19,35,38H,14-15H2,1H3,(H,40,41). The molecule has 0 bridgehead atoms. The van der Waals surface area contributed by atoms with Gasteiger partial charge >= 0.3 is 0 Å². The average molecular weight is 540 g/mol. The summed E-state index contributed by atoms with van der Waals surface area (Å²) in [7, 11) is 0. The number of halogens is 1. The number of aromatic amines is 2. The van der Waals surface area contributed by atoms with Crippen molar-refractivity contribution in [2.24, 2.45) is 0 Å². The topological polar surface area (TPSA) is 95.2 Å². The van der Waals surface area contributed by atoms with Crippen molar-refractivity contribution in [3.63, 3.8) is 0 Å². The summed E-state index contributed by atoms with van der Waals surface area (Å²) in [6.07, 6.45) is 7.24. The van der Waals surface area contributed by atoms with Gasteiger partial charge in [0.15, 0.2) is 0 Å². The molecule has 0 amide bonds. The zero-order valence-corrected chi connectivity index (χ0v) is 22.3. The van der Waals surface area contributed by atoms with Gasteiger partial charge in [-0.2, -0.15) is 5.10 Å². The molecule has 8 heteroatoms. The van der Waals surface area contributed by atoms with Gasteiger partial charge in [0.1, 0.15) is 17.0 Å². The molecule has 41 heavy (non-hydrogen) atoms. The number of fused-ring (bicyclic) bond motifs is 2. The van der Waals surface area contributed by atoms with Gasteiger partial charge in [-0.25, -0.2) is 9.37 Å². The number of nitrogens with zero attached hydrogens (tertiary/aromatic N) is 4. The smallest absolute Gasteiger partial charge is 0.135 e. The van der Waals surface area contributed by atoms with E-state index in [-0.39, 0.29) is 5.82 Å². The summed E-state index contributed by atoms with van der Waals surface area (Å²) in [6, 6.07) is 23.4. The third kappa shape index (κ3) is 4.97. The molecule has 200 valence electrons. The summed E-state index contributed by atoms with van der Waals surface area (Å²) in [4.78, 5) is 17.3. The van der Waals surface area contributed by atoms with Crippen molar-refractivity contribution in [2.75, 3.05) is 0 Å². The minimum atomic E-state index is -0.270. The molecule has 0 aliphatic rings. The fraction of sp³-hybridized carbons (Fsp3) is 0.0909. The molecular formula is C33H26FN7. The lowest BCUT2D eigenvalue weighted by Gasteiger charge is -2.07. The molecule has 5 heterocycles. The second-order valence-corrected chi connectivity index (χ2v) is 10.2. The van der Waals surface area contributed by atoms with Gasteiger partial charge in [-0.1, -0.05) is 36.4 Å². The Hall–Kier alpha value is -5.21. The first kappa shape index (κ1) is 24.8. The number of H-pyrrole nitrogens is 2. The number of pyridine rings is 3. The molecule has 7 aromatic rings. The van der Waals surface area contributed by atoms with Crippen molar-refractivity contribution >= 4 is 21.9 Å². The molecule has 0 aliphatic carbocycles. The van der Waals surface area contributed by atoms with Crippen molar-refractivity contribution in [2.45, 2.75) is 20.0 Å². The van der Waals surface area contributed by atoms with Crippen molar-refractivity contribution in [1.29, 1.82) is 0 Å². The van der Waals surface area contributed by atoms with Crippen LogP contribution in [0.3, 0.4) is 0 Å². The van der Waals surface area contributed by atoms with Crippen molar-refractivity contribution in [3.8, 4) is 33.8 Å². The third-order valence-electron chi connectivity index (χ3n) is 7.15. The normalized spacial score (nSPS) is 11.5.